The first-order chi connectivity index (χ1) is 5.70. The first kappa shape index (κ1) is 11.4. The van der Waals surface area contributed by atoms with Gasteiger partial charge in [0, 0.05) is 36.4 Å². The fourth-order valence-corrected chi connectivity index (χ4v) is 1.23. The highest BCUT2D eigenvalue weighted by molar-refractivity contribution is 7.84. The van der Waals surface area contributed by atoms with Crippen molar-refractivity contribution in [1.29, 1.82) is 0 Å². The lowest BCUT2D eigenvalue weighted by Gasteiger charge is -2.06. The number of nitrogens with zero attached hydrogens (tertiary/aromatic N) is 1. The Hall–Kier alpha value is -0.620. The third kappa shape index (κ3) is 6.11. The van der Waals surface area contributed by atoms with Crippen LogP contribution in [0.4, 0.5) is 0 Å². The lowest BCUT2D eigenvalue weighted by atomic mass is 10.5. The van der Waals surface area contributed by atoms with Crippen molar-refractivity contribution in [2.75, 3.05) is 25.6 Å². The third-order valence-electron chi connectivity index (χ3n) is 1.26. The molecule has 1 unspecified atom stereocenters. The topological polar surface area (TPSA) is 79.5 Å². The highest BCUT2D eigenvalue weighted by Gasteiger charge is 1.93. The number of aliphatic imine (C=N–C) groups is 1. The molecule has 0 fully saturated rings. The quantitative estimate of drug-likeness (QED) is 0.172. The molecule has 0 aliphatic heterocycles. The Morgan fingerprint density at radius 3 is 2.75 bits per heavy atom. The van der Waals surface area contributed by atoms with Gasteiger partial charge in [-0.1, -0.05) is 0 Å². The fourth-order valence-electron chi connectivity index (χ4n) is 0.677. The number of nitrogens with two attached hydrogens (primary N) is 1. The standard InChI is InChI=1S/C6H16N4OS/c1-8-6(10-7)9-4-3-5-12(2)11/h3-5,7H2,1-2H3,(H2,8,9,10). The lowest BCUT2D eigenvalue weighted by molar-refractivity contribution is 0.682. The van der Waals surface area contributed by atoms with E-state index in [0.717, 1.165) is 13.0 Å². The molecule has 0 saturated carbocycles. The van der Waals surface area contributed by atoms with Gasteiger partial charge in [0.15, 0.2) is 0 Å². The monoisotopic (exact) mass is 192 g/mol. The van der Waals surface area contributed by atoms with Crippen LogP contribution in [-0.4, -0.2) is 35.8 Å². The maximum absolute atomic E-state index is 10.6. The highest BCUT2D eigenvalue weighted by atomic mass is 32.2. The lowest BCUT2D eigenvalue weighted by Crippen LogP contribution is -2.41. The molecule has 1 atom stereocenters. The molecule has 72 valence electrons. The maximum atomic E-state index is 10.6. The fraction of sp³-hybridized carbons (Fsp3) is 0.833. The van der Waals surface area contributed by atoms with Gasteiger partial charge in [-0.3, -0.25) is 14.6 Å². The molecule has 0 amide bonds. The summed E-state index contributed by atoms with van der Waals surface area (Å²) >= 11 is 0. The summed E-state index contributed by atoms with van der Waals surface area (Å²) in [5, 5.41) is 2.95. The van der Waals surface area contributed by atoms with Gasteiger partial charge in [-0.2, -0.15) is 0 Å². The van der Waals surface area contributed by atoms with Crippen LogP contribution >= 0.6 is 0 Å². The molecule has 5 nitrogen and oxygen atoms in total. The van der Waals surface area contributed by atoms with Crippen LogP contribution in [-0.2, 0) is 10.8 Å². The minimum Gasteiger partial charge on any atom is -0.355 e. The second kappa shape index (κ2) is 7.05. The molecule has 4 N–H and O–H groups in total. The summed E-state index contributed by atoms with van der Waals surface area (Å²) in [4.78, 5) is 3.82. The summed E-state index contributed by atoms with van der Waals surface area (Å²) in [6.07, 6.45) is 2.54. The number of nitrogens with one attached hydrogen (secondary N) is 2. The van der Waals surface area contributed by atoms with Crippen LogP contribution in [0.2, 0.25) is 0 Å². The number of hydrazine groups is 1. The van der Waals surface area contributed by atoms with E-state index in [4.69, 9.17) is 5.84 Å². The van der Waals surface area contributed by atoms with Crippen molar-refractivity contribution in [3.63, 3.8) is 0 Å². The number of hydrogen-bond acceptors (Lipinski definition) is 3. The molecule has 0 aromatic heterocycles. The van der Waals surface area contributed by atoms with Crippen molar-refractivity contribution in [3.05, 3.63) is 0 Å². The average molecular weight is 192 g/mol. The Morgan fingerprint density at radius 1 is 1.67 bits per heavy atom. The van der Waals surface area contributed by atoms with Crippen LogP contribution in [0.15, 0.2) is 4.99 Å². The minimum atomic E-state index is -0.716. The van der Waals surface area contributed by atoms with Gasteiger partial charge in [0.05, 0.1) is 0 Å². The summed E-state index contributed by atoms with van der Waals surface area (Å²) in [7, 11) is 0.923. The first-order valence-corrected chi connectivity index (χ1v) is 5.40. The van der Waals surface area contributed by atoms with Crippen molar-refractivity contribution in [2.45, 2.75) is 6.42 Å². The first-order valence-electron chi connectivity index (χ1n) is 3.68. The molecule has 0 aromatic rings. The number of hydrogen-bond donors (Lipinski definition) is 3. The smallest absolute Gasteiger partial charge is 0.205 e. The van der Waals surface area contributed by atoms with Crippen LogP contribution in [0.3, 0.4) is 0 Å². The zero-order chi connectivity index (χ0) is 9.40. The average Bonchev–Trinajstić information content (AvgIpc) is 2.04. The van der Waals surface area contributed by atoms with Gasteiger partial charge in [0.25, 0.3) is 0 Å². The molecular formula is C6H16N4OS. The summed E-state index contributed by atoms with van der Waals surface area (Å²) in [6.45, 7) is 0.733. The molecular weight excluding hydrogens is 176 g/mol. The predicted octanol–water partition coefficient (Wildman–Crippen LogP) is -1.21. The molecule has 0 bridgehead atoms. The molecule has 6 heteroatoms. The van der Waals surface area contributed by atoms with E-state index < -0.39 is 10.8 Å². The van der Waals surface area contributed by atoms with Crippen molar-refractivity contribution < 1.29 is 4.21 Å². The Morgan fingerprint density at radius 2 is 2.33 bits per heavy atom. The molecule has 0 saturated heterocycles. The zero-order valence-electron chi connectivity index (χ0n) is 7.46. The normalized spacial score (nSPS) is 14.1. The van der Waals surface area contributed by atoms with Gasteiger partial charge in [0.2, 0.25) is 5.96 Å². The van der Waals surface area contributed by atoms with E-state index in [0.29, 0.717) is 11.7 Å². The van der Waals surface area contributed by atoms with E-state index in [2.05, 4.69) is 15.7 Å². The summed E-state index contributed by atoms with van der Waals surface area (Å²) < 4.78 is 10.6. The minimum absolute atomic E-state index is 0.553. The van der Waals surface area contributed by atoms with Gasteiger partial charge >= 0.3 is 0 Å². The second-order valence-corrected chi connectivity index (χ2v) is 3.83. The van der Waals surface area contributed by atoms with Gasteiger partial charge in [0.1, 0.15) is 0 Å². The SMILES string of the molecule is CN=C(NN)NCCCS(C)=O. The van der Waals surface area contributed by atoms with Crippen LogP contribution < -0.4 is 16.6 Å². The van der Waals surface area contributed by atoms with Crippen LogP contribution in [0.25, 0.3) is 0 Å². The van der Waals surface area contributed by atoms with Crippen LogP contribution in [0.5, 0.6) is 0 Å². The van der Waals surface area contributed by atoms with E-state index in [1.165, 1.54) is 0 Å². The van der Waals surface area contributed by atoms with Gasteiger partial charge < -0.3 is 5.32 Å². The molecule has 12 heavy (non-hydrogen) atoms. The molecule has 0 spiro atoms. The highest BCUT2D eigenvalue weighted by Crippen LogP contribution is 1.80. The molecule has 0 aliphatic carbocycles. The van der Waals surface area contributed by atoms with Gasteiger partial charge in [-0.05, 0) is 6.42 Å². The number of guanidine groups is 1. The predicted molar refractivity (Wildman–Crippen MR) is 52.2 cm³/mol. The van der Waals surface area contributed by atoms with E-state index in [-0.39, 0.29) is 0 Å². The Bertz CT molecular complexity index is 171. The molecule has 0 radical (unpaired) electrons. The molecule has 0 aliphatic rings. The second-order valence-electron chi connectivity index (χ2n) is 2.27. The van der Waals surface area contributed by atoms with E-state index in [1.54, 1.807) is 13.3 Å². The maximum Gasteiger partial charge on any atom is 0.205 e. The molecule has 0 heterocycles. The number of rotatable bonds is 4. The van der Waals surface area contributed by atoms with E-state index in [1.807, 2.05) is 0 Å². The summed E-state index contributed by atoms with van der Waals surface area (Å²) in [5.41, 5.74) is 2.40. The van der Waals surface area contributed by atoms with Gasteiger partial charge in [-0.25, -0.2) is 5.84 Å². The largest absolute Gasteiger partial charge is 0.355 e. The third-order valence-corrected chi connectivity index (χ3v) is 2.12. The van der Waals surface area contributed by atoms with Crippen LogP contribution in [0.1, 0.15) is 6.42 Å². The van der Waals surface area contributed by atoms with Crippen molar-refractivity contribution in [2.24, 2.45) is 10.8 Å². The zero-order valence-corrected chi connectivity index (χ0v) is 8.28. The Labute approximate surface area is 75.2 Å². The summed E-state index contributed by atoms with van der Waals surface area (Å²) in [6, 6.07) is 0. The Kier molecular flexibility index (Phi) is 6.69. The van der Waals surface area contributed by atoms with Crippen molar-refractivity contribution in [1.82, 2.24) is 10.7 Å². The van der Waals surface area contributed by atoms with E-state index >= 15 is 0 Å². The van der Waals surface area contributed by atoms with Crippen molar-refractivity contribution in [3.8, 4) is 0 Å². The van der Waals surface area contributed by atoms with E-state index in [9.17, 15) is 4.21 Å². The van der Waals surface area contributed by atoms with Crippen molar-refractivity contribution >= 4 is 16.8 Å². The molecule has 0 rings (SSSR count). The summed E-state index contributed by atoms with van der Waals surface area (Å²) in [5.74, 6) is 6.38. The Balaban J connectivity index is 3.36. The molecule has 0 aromatic carbocycles. The van der Waals surface area contributed by atoms with Gasteiger partial charge in [-0.15, -0.1) is 0 Å². The van der Waals surface area contributed by atoms with Crippen LogP contribution in [0, 0.1) is 0 Å².